The second kappa shape index (κ2) is 7.36. The molecule has 9 heteroatoms. The van der Waals surface area contributed by atoms with Gasteiger partial charge in [-0.2, -0.15) is 0 Å². The summed E-state index contributed by atoms with van der Waals surface area (Å²) in [6.45, 7) is 0.493. The normalized spacial score (nSPS) is 17.2. The largest absolute Gasteiger partial charge is 0.573 e. The third-order valence-corrected chi connectivity index (χ3v) is 4.76. The summed E-state index contributed by atoms with van der Waals surface area (Å²) in [4.78, 5) is 27.1. The zero-order valence-electron chi connectivity index (χ0n) is 13.5. The molecule has 0 bridgehead atoms. The Hall–Kier alpha value is -2.55. The van der Waals surface area contributed by atoms with Gasteiger partial charge in [-0.1, -0.05) is 6.07 Å². The Labute approximate surface area is 151 Å². The third-order valence-electron chi connectivity index (χ3n) is 3.90. The zero-order chi connectivity index (χ0) is 18.7. The molecule has 1 unspecified atom stereocenters. The molecule has 0 radical (unpaired) electrons. The highest BCUT2D eigenvalue weighted by Gasteiger charge is 2.35. The minimum absolute atomic E-state index is 0.188. The number of rotatable bonds is 4. The van der Waals surface area contributed by atoms with E-state index in [4.69, 9.17) is 0 Å². The smallest absolute Gasteiger partial charge is 0.406 e. The van der Waals surface area contributed by atoms with Crippen LogP contribution in [0.1, 0.15) is 22.5 Å². The number of benzene rings is 1. The first-order chi connectivity index (χ1) is 12.3. The fourth-order valence-electron chi connectivity index (χ4n) is 2.79. The van der Waals surface area contributed by atoms with Crippen LogP contribution in [0.25, 0.3) is 0 Å². The van der Waals surface area contributed by atoms with Crippen LogP contribution in [0.3, 0.4) is 0 Å². The van der Waals surface area contributed by atoms with Gasteiger partial charge < -0.3 is 15.0 Å². The number of carbonyl (C=O) groups is 2. The van der Waals surface area contributed by atoms with Crippen LogP contribution >= 0.6 is 11.3 Å². The average molecular weight is 384 g/mol. The first-order valence-corrected chi connectivity index (χ1v) is 8.72. The van der Waals surface area contributed by atoms with Crippen LogP contribution in [0, 0.1) is 0 Å². The molecular formula is C17H15F3N2O3S. The fraction of sp³-hybridized carbons (Fsp3) is 0.294. The Kier molecular flexibility index (Phi) is 5.17. The molecule has 26 heavy (non-hydrogen) atoms. The SMILES string of the molecule is O=C(Nc1ccc(OC(F)(F)F)cc1)C1CCCN1C(=O)c1cccs1. The summed E-state index contributed by atoms with van der Waals surface area (Å²) in [5.41, 5.74) is 0.333. The predicted octanol–water partition coefficient (Wildman–Crippen LogP) is 3.89. The van der Waals surface area contributed by atoms with E-state index in [9.17, 15) is 22.8 Å². The van der Waals surface area contributed by atoms with Crippen molar-refractivity contribution in [1.29, 1.82) is 0 Å². The number of nitrogens with one attached hydrogen (secondary N) is 1. The fourth-order valence-corrected chi connectivity index (χ4v) is 3.47. The number of amides is 2. The maximum Gasteiger partial charge on any atom is 0.573 e. The monoisotopic (exact) mass is 384 g/mol. The van der Waals surface area contributed by atoms with Crippen LogP contribution in [0.15, 0.2) is 41.8 Å². The van der Waals surface area contributed by atoms with E-state index in [1.165, 1.54) is 28.4 Å². The van der Waals surface area contributed by atoms with Gasteiger partial charge in [-0.25, -0.2) is 0 Å². The maximum absolute atomic E-state index is 12.5. The highest BCUT2D eigenvalue weighted by atomic mass is 32.1. The average Bonchev–Trinajstić information content (AvgIpc) is 3.26. The molecule has 0 saturated carbocycles. The molecule has 138 valence electrons. The van der Waals surface area contributed by atoms with E-state index in [0.717, 1.165) is 12.1 Å². The molecule has 1 aliphatic rings. The van der Waals surface area contributed by atoms with E-state index in [2.05, 4.69) is 10.1 Å². The summed E-state index contributed by atoms with van der Waals surface area (Å²) in [5.74, 6) is -0.922. The number of likely N-dealkylation sites (tertiary alicyclic amines) is 1. The minimum atomic E-state index is -4.77. The third kappa shape index (κ3) is 4.34. The maximum atomic E-state index is 12.5. The van der Waals surface area contributed by atoms with E-state index in [-0.39, 0.29) is 17.6 Å². The molecule has 1 atom stereocenters. The van der Waals surface area contributed by atoms with E-state index in [1.807, 2.05) is 0 Å². The van der Waals surface area contributed by atoms with Crippen molar-refractivity contribution >= 4 is 28.8 Å². The van der Waals surface area contributed by atoms with Crippen molar-refractivity contribution in [3.8, 4) is 5.75 Å². The van der Waals surface area contributed by atoms with Gasteiger partial charge in [-0.05, 0) is 48.6 Å². The highest BCUT2D eigenvalue weighted by molar-refractivity contribution is 7.12. The summed E-state index contributed by atoms with van der Waals surface area (Å²) in [5, 5.41) is 4.43. The molecule has 0 aliphatic carbocycles. The van der Waals surface area contributed by atoms with Crippen molar-refractivity contribution in [3.05, 3.63) is 46.7 Å². The summed E-state index contributed by atoms with van der Waals surface area (Å²) in [6, 6.07) is 7.75. The van der Waals surface area contributed by atoms with E-state index < -0.39 is 12.4 Å². The molecule has 0 spiro atoms. The van der Waals surface area contributed by atoms with Crippen molar-refractivity contribution < 1.29 is 27.5 Å². The van der Waals surface area contributed by atoms with Crippen LogP contribution in [0.4, 0.5) is 18.9 Å². The molecule has 2 aromatic rings. The second-order valence-electron chi connectivity index (χ2n) is 5.70. The first kappa shape index (κ1) is 18.2. The standard InChI is InChI=1S/C17H15F3N2O3S/c18-17(19,20)25-12-7-5-11(6-8-12)21-15(23)13-3-1-9-22(13)16(24)14-4-2-10-26-14/h2,4-8,10,13H,1,3,9H2,(H,21,23). The minimum Gasteiger partial charge on any atom is -0.406 e. The van der Waals surface area contributed by atoms with E-state index in [1.54, 1.807) is 17.5 Å². The van der Waals surface area contributed by atoms with E-state index in [0.29, 0.717) is 30.0 Å². The number of halogens is 3. The van der Waals surface area contributed by atoms with Crippen molar-refractivity contribution in [2.75, 3.05) is 11.9 Å². The number of thiophene rings is 1. The Balaban J connectivity index is 1.64. The number of anilines is 1. The van der Waals surface area contributed by atoms with Gasteiger partial charge in [0.1, 0.15) is 11.8 Å². The molecule has 2 amide bonds. The number of alkyl halides is 3. The Morgan fingerprint density at radius 2 is 1.92 bits per heavy atom. The molecule has 1 aromatic heterocycles. The van der Waals surface area contributed by atoms with Gasteiger partial charge in [0.25, 0.3) is 5.91 Å². The Morgan fingerprint density at radius 1 is 1.19 bits per heavy atom. The molecule has 3 rings (SSSR count). The number of carbonyl (C=O) groups excluding carboxylic acids is 2. The summed E-state index contributed by atoms with van der Waals surface area (Å²) >= 11 is 1.31. The summed E-state index contributed by atoms with van der Waals surface area (Å²) in [7, 11) is 0. The van der Waals surface area contributed by atoms with Gasteiger partial charge in [0.05, 0.1) is 4.88 Å². The van der Waals surface area contributed by atoms with Crippen LogP contribution in [-0.2, 0) is 4.79 Å². The Bertz CT molecular complexity index is 776. The number of ether oxygens (including phenoxy) is 1. The van der Waals surface area contributed by atoms with Crippen LogP contribution in [0.5, 0.6) is 5.75 Å². The number of nitrogens with zero attached hydrogens (tertiary/aromatic N) is 1. The molecule has 1 aliphatic heterocycles. The number of hydrogen-bond donors (Lipinski definition) is 1. The van der Waals surface area contributed by atoms with Gasteiger partial charge in [-0.15, -0.1) is 24.5 Å². The van der Waals surface area contributed by atoms with Crippen molar-refractivity contribution in [3.63, 3.8) is 0 Å². The van der Waals surface area contributed by atoms with Crippen molar-refractivity contribution in [2.24, 2.45) is 0 Å². The first-order valence-electron chi connectivity index (χ1n) is 7.84. The molecule has 1 fully saturated rings. The van der Waals surface area contributed by atoms with Gasteiger partial charge in [-0.3, -0.25) is 9.59 Å². The molecule has 1 aromatic carbocycles. The van der Waals surface area contributed by atoms with Crippen LogP contribution in [-0.4, -0.2) is 35.7 Å². The summed E-state index contributed by atoms with van der Waals surface area (Å²) < 4.78 is 40.3. The Morgan fingerprint density at radius 3 is 2.54 bits per heavy atom. The van der Waals surface area contributed by atoms with Gasteiger partial charge in [0, 0.05) is 12.2 Å². The predicted molar refractivity (Wildman–Crippen MR) is 90.1 cm³/mol. The lowest BCUT2D eigenvalue weighted by Gasteiger charge is -2.23. The quantitative estimate of drug-likeness (QED) is 0.870. The molecule has 1 saturated heterocycles. The topological polar surface area (TPSA) is 58.6 Å². The molecule has 5 nitrogen and oxygen atoms in total. The molecule has 1 N–H and O–H groups in total. The summed E-state index contributed by atoms with van der Waals surface area (Å²) in [6.07, 6.45) is -3.51. The van der Waals surface area contributed by atoms with E-state index >= 15 is 0 Å². The molecular weight excluding hydrogens is 369 g/mol. The number of hydrogen-bond acceptors (Lipinski definition) is 4. The van der Waals surface area contributed by atoms with Crippen molar-refractivity contribution in [2.45, 2.75) is 25.2 Å². The van der Waals surface area contributed by atoms with Gasteiger partial charge >= 0.3 is 6.36 Å². The van der Waals surface area contributed by atoms with Crippen molar-refractivity contribution in [1.82, 2.24) is 4.90 Å². The van der Waals surface area contributed by atoms with Gasteiger partial charge in [0.2, 0.25) is 5.91 Å². The second-order valence-corrected chi connectivity index (χ2v) is 6.64. The molecule has 2 heterocycles. The zero-order valence-corrected chi connectivity index (χ0v) is 14.3. The van der Waals surface area contributed by atoms with Crippen LogP contribution in [0.2, 0.25) is 0 Å². The lowest BCUT2D eigenvalue weighted by atomic mass is 10.2. The highest BCUT2D eigenvalue weighted by Crippen LogP contribution is 2.26. The lowest BCUT2D eigenvalue weighted by molar-refractivity contribution is -0.274. The van der Waals surface area contributed by atoms with Gasteiger partial charge in [0.15, 0.2) is 0 Å². The van der Waals surface area contributed by atoms with Crippen LogP contribution < -0.4 is 10.1 Å². The lowest BCUT2D eigenvalue weighted by Crippen LogP contribution is -2.42.